The van der Waals surface area contributed by atoms with Gasteiger partial charge in [-0.3, -0.25) is 0 Å². The summed E-state index contributed by atoms with van der Waals surface area (Å²) in [4.78, 5) is 2.41. The summed E-state index contributed by atoms with van der Waals surface area (Å²) in [5.74, 6) is -0.139. The van der Waals surface area contributed by atoms with Gasteiger partial charge in [0.25, 0.3) is 0 Å². The highest BCUT2D eigenvalue weighted by Crippen LogP contribution is 2.15. The van der Waals surface area contributed by atoms with E-state index in [9.17, 15) is 4.39 Å². The standard InChI is InChI=1S/C15H23FN2/c1-12-10-15(7-9-18(12)2)17-8-6-13-4-3-5-14(16)11-13/h3-5,11-12,15,17H,6-10H2,1-2H3. The molecule has 1 aliphatic heterocycles. The van der Waals surface area contributed by atoms with E-state index < -0.39 is 0 Å². The Morgan fingerprint density at radius 2 is 2.28 bits per heavy atom. The van der Waals surface area contributed by atoms with Crippen LogP contribution >= 0.6 is 0 Å². The molecule has 1 N–H and O–H groups in total. The smallest absolute Gasteiger partial charge is 0.123 e. The minimum absolute atomic E-state index is 0.139. The van der Waals surface area contributed by atoms with Crippen molar-refractivity contribution in [2.24, 2.45) is 0 Å². The fraction of sp³-hybridized carbons (Fsp3) is 0.600. The highest BCUT2D eigenvalue weighted by Gasteiger charge is 2.21. The van der Waals surface area contributed by atoms with Crippen LogP contribution in [0.3, 0.4) is 0 Å². The zero-order valence-corrected chi connectivity index (χ0v) is 11.3. The summed E-state index contributed by atoms with van der Waals surface area (Å²) in [7, 11) is 2.19. The molecule has 2 atom stereocenters. The minimum atomic E-state index is -0.139. The number of likely N-dealkylation sites (tertiary alicyclic amines) is 1. The van der Waals surface area contributed by atoms with Gasteiger partial charge in [0, 0.05) is 12.1 Å². The first kappa shape index (κ1) is 13.5. The number of halogens is 1. The van der Waals surface area contributed by atoms with E-state index in [0.29, 0.717) is 12.1 Å². The SMILES string of the molecule is CC1CC(NCCc2cccc(F)c2)CCN1C. The highest BCUT2D eigenvalue weighted by atomic mass is 19.1. The van der Waals surface area contributed by atoms with Crippen LogP contribution in [0.4, 0.5) is 4.39 Å². The maximum absolute atomic E-state index is 13.0. The average Bonchev–Trinajstić information content (AvgIpc) is 2.34. The van der Waals surface area contributed by atoms with E-state index in [1.807, 2.05) is 6.07 Å². The molecule has 0 spiro atoms. The van der Waals surface area contributed by atoms with Crippen LogP contribution in [0.25, 0.3) is 0 Å². The maximum Gasteiger partial charge on any atom is 0.123 e. The molecule has 100 valence electrons. The Bertz CT molecular complexity index is 381. The van der Waals surface area contributed by atoms with Gasteiger partial charge in [-0.1, -0.05) is 12.1 Å². The quantitative estimate of drug-likeness (QED) is 0.883. The van der Waals surface area contributed by atoms with Gasteiger partial charge >= 0.3 is 0 Å². The third-order valence-corrected chi connectivity index (χ3v) is 3.94. The first-order valence-electron chi connectivity index (χ1n) is 6.83. The lowest BCUT2D eigenvalue weighted by Gasteiger charge is -2.35. The summed E-state index contributed by atoms with van der Waals surface area (Å²) in [5, 5.41) is 3.59. The Labute approximate surface area is 109 Å². The average molecular weight is 250 g/mol. The van der Waals surface area contributed by atoms with Gasteiger partial charge in [-0.2, -0.15) is 0 Å². The monoisotopic (exact) mass is 250 g/mol. The molecular formula is C15H23FN2. The van der Waals surface area contributed by atoms with E-state index in [-0.39, 0.29) is 5.82 Å². The molecule has 2 nitrogen and oxygen atoms in total. The highest BCUT2D eigenvalue weighted by molar-refractivity contribution is 5.16. The van der Waals surface area contributed by atoms with E-state index >= 15 is 0 Å². The Morgan fingerprint density at radius 1 is 1.44 bits per heavy atom. The summed E-state index contributed by atoms with van der Waals surface area (Å²) in [5.41, 5.74) is 1.07. The number of piperidine rings is 1. The molecular weight excluding hydrogens is 227 g/mol. The van der Waals surface area contributed by atoms with Crippen molar-refractivity contribution in [3.63, 3.8) is 0 Å². The summed E-state index contributed by atoms with van der Waals surface area (Å²) in [6.07, 6.45) is 3.32. The van der Waals surface area contributed by atoms with Gasteiger partial charge in [-0.05, 0) is 64.0 Å². The van der Waals surface area contributed by atoms with Gasteiger partial charge in [-0.15, -0.1) is 0 Å². The first-order chi connectivity index (χ1) is 8.65. The second-order valence-corrected chi connectivity index (χ2v) is 5.38. The fourth-order valence-corrected chi connectivity index (χ4v) is 2.59. The maximum atomic E-state index is 13.0. The zero-order chi connectivity index (χ0) is 13.0. The van der Waals surface area contributed by atoms with E-state index in [1.54, 1.807) is 12.1 Å². The fourth-order valence-electron chi connectivity index (χ4n) is 2.59. The predicted octanol–water partition coefficient (Wildman–Crippen LogP) is 2.44. The van der Waals surface area contributed by atoms with Gasteiger partial charge in [-0.25, -0.2) is 4.39 Å². The van der Waals surface area contributed by atoms with Crippen LogP contribution in [0.2, 0.25) is 0 Å². The summed E-state index contributed by atoms with van der Waals surface area (Å²) in [6.45, 7) is 4.38. The molecule has 0 aromatic heterocycles. The molecule has 18 heavy (non-hydrogen) atoms. The summed E-state index contributed by atoms with van der Waals surface area (Å²) >= 11 is 0. The Balaban J connectivity index is 1.72. The van der Waals surface area contributed by atoms with E-state index in [0.717, 1.165) is 18.5 Å². The van der Waals surface area contributed by atoms with E-state index in [2.05, 4.69) is 24.2 Å². The number of rotatable bonds is 4. The zero-order valence-electron chi connectivity index (χ0n) is 11.3. The van der Waals surface area contributed by atoms with Crippen LogP contribution in [0.1, 0.15) is 25.3 Å². The van der Waals surface area contributed by atoms with Crippen molar-refractivity contribution >= 4 is 0 Å². The van der Waals surface area contributed by atoms with Gasteiger partial charge in [0.05, 0.1) is 0 Å². The molecule has 1 aliphatic rings. The van der Waals surface area contributed by atoms with Crippen molar-refractivity contribution in [1.29, 1.82) is 0 Å². The largest absolute Gasteiger partial charge is 0.314 e. The van der Waals surface area contributed by atoms with Crippen molar-refractivity contribution in [2.75, 3.05) is 20.1 Å². The number of nitrogens with one attached hydrogen (secondary N) is 1. The van der Waals surface area contributed by atoms with Crippen molar-refractivity contribution in [2.45, 2.75) is 38.3 Å². The van der Waals surface area contributed by atoms with Crippen molar-refractivity contribution in [3.8, 4) is 0 Å². The van der Waals surface area contributed by atoms with Crippen LogP contribution in [-0.2, 0) is 6.42 Å². The van der Waals surface area contributed by atoms with Crippen LogP contribution in [-0.4, -0.2) is 37.1 Å². The molecule has 1 aromatic carbocycles. The topological polar surface area (TPSA) is 15.3 Å². The summed E-state index contributed by atoms with van der Waals surface area (Å²) < 4.78 is 13.0. The molecule has 3 heteroatoms. The Morgan fingerprint density at radius 3 is 3.00 bits per heavy atom. The molecule has 1 heterocycles. The molecule has 1 saturated heterocycles. The normalized spacial score (nSPS) is 25.3. The summed E-state index contributed by atoms with van der Waals surface area (Å²) in [6, 6.07) is 8.16. The van der Waals surface area contributed by atoms with Gasteiger partial charge in [0.15, 0.2) is 0 Å². The van der Waals surface area contributed by atoms with E-state index in [1.165, 1.54) is 25.5 Å². The van der Waals surface area contributed by atoms with E-state index in [4.69, 9.17) is 0 Å². The van der Waals surface area contributed by atoms with Crippen molar-refractivity contribution < 1.29 is 4.39 Å². The van der Waals surface area contributed by atoms with Crippen LogP contribution in [0, 0.1) is 5.82 Å². The molecule has 0 aliphatic carbocycles. The molecule has 0 saturated carbocycles. The molecule has 0 radical (unpaired) electrons. The number of benzene rings is 1. The lowest BCUT2D eigenvalue weighted by Crippen LogP contribution is -2.46. The number of hydrogen-bond donors (Lipinski definition) is 1. The molecule has 2 rings (SSSR count). The Kier molecular flexibility index (Phi) is 4.72. The Hall–Kier alpha value is -0.930. The number of hydrogen-bond acceptors (Lipinski definition) is 2. The lowest BCUT2D eigenvalue weighted by atomic mass is 9.99. The van der Waals surface area contributed by atoms with Crippen molar-refractivity contribution in [1.82, 2.24) is 10.2 Å². The molecule has 2 unspecified atom stereocenters. The predicted molar refractivity (Wildman–Crippen MR) is 73.2 cm³/mol. The molecule has 0 amide bonds. The van der Waals surface area contributed by atoms with Gasteiger partial charge < -0.3 is 10.2 Å². The lowest BCUT2D eigenvalue weighted by molar-refractivity contribution is 0.169. The second kappa shape index (κ2) is 6.30. The third kappa shape index (κ3) is 3.79. The second-order valence-electron chi connectivity index (χ2n) is 5.38. The molecule has 0 bridgehead atoms. The first-order valence-corrected chi connectivity index (χ1v) is 6.83. The van der Waals surface area contributed by atoms with Crippen LogP contribution < -0.4 is 5.32 Å². The van der Waals surface area contributed by atoms with Gasteiger partial charge in [0.1, 0.15) is 5.82 Å². The minimum Gasteiger partial charge on any atom is -0.314 e. The van der Waals surface area contributed by atoms with Gasteiger partial charge in [0.2, 0.25) is 0 Å². The number of nitrogens with zero attached hydrogens (tertiary/aromatic N) is 1. The molecule has 1 aromatic rings. The van der Waals surface area contributed by atoms with Crippen LogP contribution in [0.15, 0.2) is 24.3 Å². The molecule has 1 fully saturated rings. The third-order valence-electron chi connectivity index (χ3n) is 3.94. The van der Waals surface area contributed by atoms with Crippen LogP contribution in [0.5, 0.6) is 0 Å². The van der Waals surface area contributed by atoms with Crippen molar-refractivity contribution in [3.05, 3.63) is 35.6 Å².